The molecule has 1 nitrogen and oxygen atoms in total. The molecule has 1 aliphatic rings. The van der Waals surface area contributed by atoms with Gasteiger partial charge in [-0.2, -0.15) is 0 Å². The zero-order valence-electron chi connectivity index (χ0n) is 15.5. The zero-order chi connectivity index (χ0) is 18.4. The van der Waals surface area contributed by atoms with Crippen molar-refractivity contribution in [2.45, 2.75) is 39.7 Å². The van der Waals surface area contributed by atoms with E-state index in [0.29, 0.717) is 10.0 Å². The maximum atomic E-state index is 6.27. The standard InChI is InChI=1S/C22H29Cl2N/c1-5-6-7-8-17(4)22(19-13-20(23)15-21(24)14-19)25-11-9-18(10-12-25)16(2)3/h5-8,13-16,18,22H,4,9-12H2,1-3H3/b6-5-,8-7-/t22-/m0/s1. The van der Waals surface area contributed by atoms with Crippen LogP contribution < -0.4 is 0 Å². The van der Waals surface area contributed by atoms with Gasteiger partial charge in [0.1, 0.15) is 0 Å². The molecule has 1 fully saturated rings. The monoisotopic (exact) mass is 377 g/mol. The van der Waals surface area contributed by atoms with Crippen LogP contribution in [0, 0.1) is 11.8 Å². The minimum Gasteiger partial charge on any atom is -0.292 e. The molecule has 0 amide bonds. The SMILES string of the molecule is C=C(/C=C\C=C/C)[C@@H](c1cc(Cl)cc(Cl)c1)N1CCC(C(C)C)CC1. The Hall–Kier alpha value is -1.02. The highest BCUT2D eigenvalue weighted by Crippen LogP contribution is 2.36. The van der Waals surface area contributed by atoms with E-state index < -0.39 is 0 Å². The second-order valence-electron chi connectivity index (χ2n) is 7.18. The van der Waals surface area contributed by atoms with Gasteiger partial charge in [0.2, 0.25) is 0 Å². The van der Waals surface area contributed by atoms with E-state index in [1.54, 1.807) is 6.07 Å². The summed E-state index contributed by atoms with van der Waals surface area (Å²) >= 11 is 12.5. The van der Waals surface area contributed by atoms with Gasteiger partial charge in [-0.3, -0.25) is 4.90 Å². The third kappa shape index (κ3) is 5.74. The first-order valence-electron chi connectivity index (χ1n) is 9.10. The van der Waals surface area contributed by atoms with Crippen molar-refractivity contribution in [1.29, 1.82) is 0 Å². The summed E-state index contributed by atoms with van der Waals surface area (Å²) in [5, 5.41) is 1.35. The van der Waals surface area contributed by atoms with Gasteiger partial charge in [-0.25, -0.2) is 0 Å². The summed E-state index contributed by atoms with van der Waals surface area (Å²) in [5.74, 6) is 1.56. The Bertz CT molecular complexity index is 617. The molecule has 1 aromatic carbocycles. The molecule has 1 aromatic rings. The van der Waals surface area contributed by atoms with Crippen LogP contribution in [0.5, 0.6) is 0 Å². The van der Waals surface area contributed by atoms with Gasteiger partial charge in [-0.05, 0) is 74.0 Å². The number of hydrogen-bond acceptors (Lipinski definition) is 1. The Kier molecular flexibility index (Phi) is 7.81. The molecule has 0 spiro atoms. The predicted molar refractivity (Wildman–Crippen MR) is 111 cm³/mol. The number of hydrogen-bond donors (Lipinski definition) is 0. The summed E-state index contributed by atoms with van der Waals surface area (Å²) < 4.78 is 0. The highest BCUT2D eigenvalue weighted by molar-refractivity contribution is 6.34. The van der Waals surface area contributed by atoms with E-state index in [9.17, 15) is 0 Å². The smallest absolute Gasteiger partial charge is 0.0597 e. The first kappa shape index (κ1) is 20.3. The summed E-state index contributed by atoms with van der Waals surface area (Å²) in [7, 11) is 0. The maximum Gasteiger partial charge on any atom is 0.0597 e. The van der Waals surface area contributed by atoms with Gasteiger partial charge in [0.25, 0.3) is 0 Å². The highest BCUT2D eigenvalue weighted by atomic mass is 35.5. The van der Waals surface area contributed by atoms with E-state index in [4.69, 9.17) is 23.2 Å². The second-order valence-corrected chi connectivity index (χ2v) is 8.06. The van der Waals surface area contributed by atoms with Crippen molar-refractivity contribution in [3.8, 4) is 0 Å². The minimum atomic E-state index is 0.116. The molecule has 0 aromatic heterocycles. The second kappa shape index (κ2) is 9.62. The van der Waals surface area contributed by atoms with Crippen LogP contribution >= 0.6 is 23.2 Å². The van der Waals surface area contributed by atoms with Gasteiger partial charge in [0, 0.05) is 10.0 Å². The Morgan fingerprint density at radius 2 is 1.72 bits per heavy atom. The van der Waals surface area contributed by atoms with E-state index in [1.165, 1.54) is 12.8 Å². The van der Waals surface area contributed by atoms with Crippen molar-refractivity contribution in [2.75, 3.05) is 13.1 Å². The summed E-state index contributed by atoms with van der Waals surface area (Å²) in [6.45, 7) is 13.2. The molecule has 1 saturated heterocycles. The molecular weight excluding hydrogens is 349 g/mol. The number of benzene rings is 1. The van der Waals surface area contributed by atoms with Crippen LogP contribution in [0.15, 0.2) is 54.7 Å². The third-order valence-electron chi connectivity index (χ3n) is 5.05. The van der Waals surface area contributed by atoms with Crippen LogP contribution in [0.2, 0.25) is 10.0 Å². The van der Waals surface area contributed by atoms with Crippen LogP contribution in [0.4, 0.5) is 0 Å². The molecule has 0 bridgehead atoms. The molecule has 1 heterocycles. The fraction of sp³-hybridized carbons (Fsp3) is 0.455. The summed E-state index contributed by atoms with van der Waals surface area (Å²) in [6, 6.07) is 5.93. The average Bonchev–Trinajstić information content (AvgIpc) is 2.55. The Labute approximate surface area is 163 Å². The van der Waals surface area contributed by atoms with Gasteiger partial charge in [-0.1, -0.05) is 67.9 Å². The molecule has 0 saturated carbocycles. The van der Waals surface area contributed by atoms with E-state index in [-0.39, 0.29) is 6.04 Å². The van der Waals surface area contributed by atoms with E-state index in [1.807, 2.05) is 37.3 Å². The lowest BCUT2D eigenvalue weighted by Gasteiger charge is -2.39. The molecule has 3 heteroatoms. The van der Waals surface area contributed by atoms with E-state index >= 15 is 0 Å². The summed E-state index contributed by atoms with van der Waals surface area (Å²) in [4.78, 5) is 2.52. The number of piperidine rings is 1. The first-order chi connectivity index (χ1) is 11.9. The van der Waals surface area contributed by atoms with Crippen LogP contribution in [-0.4, -0.2) is 18.0 Å². The lowest BCUT2D eigenvalue weighted by Crippen LogP contribution is -2.38. The van der Waals surface area contributed by atoms with Crippen molar-refractivity contribution < 1.29 is 0 Å². The molecule has 0 unspecified atom stereocenters. The normalized spacial score (nSPS) is 18.5. The molecule has 2 rings (SSSR count). The van der Waals surface area contributed by atoms with Gasteiger partial charge in [0.05, 0.1) is 6.04 Å². The van der Waals surface area contributed by atoms with E-state index in [0.717, 1.165) is 36.1 Å². The van der Waals surface area contributed by atoms with Gasteiger partial charge >= 0.3 is 0 Å². The molecule has 0 radical (unpaired) electrons. The molecule has 136 valence electrons. The fourth-order valence-electron chi connectivity index (χ4n) is 3.62. The Morgan fingerprint density at radius 3 is 2.24 bits per heavy atom. The van der Waals surface area contributed by atoms with Crippen molar-refractivity contribution in [2.24, 2.45) is 11.8 Å². The van der Waals surface area contributed by atoms with Crippen molar-refractivity contribution >= 4 is 23.2 Å². The number of allylic oxidation sites excluding steroid dienone is 3. The number of rotatable bonds is 6. The lowest BCUT2D eigenvalue weighted by atomic mass is 9.85. The molecular formula is C22H29Cl2N. The predicted octanol–water partition coefficient (Wildman–Crippen LogP) is 7.09. The molecule has 0 aliphatic carbocycles. The highest BCUT2D eigenvalue weighted by Gasteiger charge is 2.28. The van der Waals surface area contributed by atoms with Crippen molar-refractivity contribution in [1.82, 2.24) is 4.90 Å². The quantitative estimate of drug-likeness (QED) is 0.478. The number of likely N-dealkylation sites (tertiary alicyclic amines) is 1. The van der Waals surface area contributed by atoms with Gasteiger partial charge in [-0.15, -0.1) is 0 Å². The van der Waals surface area contributed by atoms with Crippen LogP contribution in [-0.2, 0) is 0 Å². The fourth-order valence-corrected chi connectivity index (χ4v) is 4.16. The largest absolute Gasteiger partial charge is 0.292 e. The molecule has 1 atom stereocenters. The topological polar surface area (TPSA) is 3.24 Å². The average molecular weight is 378 g/mol. The Balaban J connectivity index is 2.28. The maximum absolute atomic E-state index is 6.27. The van der Waals surface area contributed by atoms with Crippen LogP contribution in [0.25, 0.3) is 0 Å². The number of halogens is 2. The summed E-state index contributed by atoms with van der Waals surface area (Å²) in [6.07, 6.45) is 10.6. The molecule has 1 aliphatic heterocycles. The van der Waals surface area contributed by atoms with Crippen molar-refractivity contribution in [3.05, 3.63) is 70.3 Å². The van der Waals surface area contributed by atoms with Crippen LogP contribution in [0.1, 0.15) is 45.2 Å². The minimum absolute atomic E-state index is 0.116. The van der Waals surface area contributed by atoms with E-state index in [2.05, 4.69) is 31.4 Å². The molecule has 25 heavy (non-hydrogen) atoms. The third-order valence-corrected chi connectivity index (χ3v) is 5.48. The van der Waals surface area contributed by atoms with Gasteiger partial charge in [0.15, 0.2) is 0 Å². The first-order valence-corrected chi connectivity index (χ1v) is 9.86. The van der Waals surface area contributed by atoms with Crippen LogP contribution in [0.3, 0.4) is 0 Å². The molecule has 0 N–H and O–H groups in total. The number of nitrogens with zero attached hydrogens (tertiary/aromatic N) is 1. The van der Waals surface area contributed by atoms with Gasteiger partial charge < -0.3 is 0 Å². The Morgan fingerprint density at radius 1 is 1.12 bits per heavy atom. The lowest BCUT2D eigenvalue weighted by molar-refractivity contribution is 0.130. The van der Waals surface area contributed by atoms with Crippen molar-refractivity contribution in [3.63, 3.8) is 0 Å². The zero-order valence-corrected chi connectivity index (χ0v) is 17.0. The summed E-state index contributed by atoms with van der Waals surface area (Å²) in [5.41, 5.74) is 2.19.